The molecule has 1 aliphatic heterocycles. The van der Waals surface area contributed by atoms with E-state index in [9.17, 15) is 4.79 Å². The summed E-state index contributed by atoms with van der Waals surface area (Å²) in [7, 11) is 4.16. The van der Waals surface area contributed by atoms with Crippen LogP contribution in [-0.2, 0) is 0 Å². The Hall–Kier alpha value is -1.49. The van der Waals surface area contributed by atoms with E-state index >= 15 is 0 Å². The molecule has 5 heteroatoms. The molecule has 1 fully saturated rings. The van der Waals surface area contributed by atoms with Crippen LogP contribution < -0.4 is 4.90 Å². The number of hydrogen-bond donors (Lipinski definition) is 0. The Morgan fingerprint density at radius 3 is 2.47 bits per heavy atom. The van der Waals surface area contributed by atoms with Crippen LogP contribution in [0.15, 0.2) is 12.4 Å². The van der Waals surface area contributed by atoms with Crippen molar-refractivity contribution in [2.45, 2.75) is 18.9 Å². The normalized spacial score (nSPS) is 18.0. The highest BCUT2D eigenvalue weighted by molar-refractivity contribution is 5.73. The number of carbonyl (C=O) groups excluding carboxylic acids is 1. The first-order valence-corrected chi connectivity index (χ1v) is 5.89. The van der Waals surface area contributed by atoms with Crippen molar-refractivity contribution in [2.75, 3.05) is 32.1 Å². The fourth-order valence-corrected chi connectivity index (χ4v) is 2.12. The van der Waals surface area contributed by atoms with Gasteiger partial charge in [0.1, 0.15) is 0 Å². The van der Waals surface area contributed by atoms with E-state index in [-0.39, 0.29) is 0 Å². The average Bonchev–Trinajstić information content (AvgIpc) is 2.39. The predicted octanol–water partition coefficient (Wildman–Crippen LogP) is 0.819. The molecule has 0 bridgehead atoms. The molecule has 1 aromatic rings. The van der Waals surface area contributed by atoms with Crippen molar-refractivity contribution in [3.05, 3.63) is 18.0 Å². The zero-order valence-electron chi connectivity index (χ0n) is 10.3. The van der Waals surface area contributed by atoms with Crippen molar-refractivity contribution in [1.82, 2.24) is 14.9 Å². The lowest BCUT2D eigenvalue weighted by Gasteiger charge is -2.35. The Labute approximate surface area is 101 Å². The standard InChI is InChI=1S/C12H18N4O/c1-15-5-3-11(4-6-15)16(2)12-13-7-10(9-17)8-14-12/h7-9,11H,3-6H2,1-2H3. The van der Waals surface area contributed by atoms with Crippen molar-refractivity contribution in [2.24, 2.45) is 0 Å². The lowest BCUT2D eigenvalue weighted by atomic mass is 10.0. The number of rotatable bonds is 3. The molecule has 1 saturated heterocycles. The van der Waals surface area contributed by atoms with Gasteiger partial charge in [0.15, 0.2) is 6.29 Å². The lowest BCUT2D eigenvalue weighted by Crippen LogP contribution is -2.42. The van der Waals surface area contributed by atoms with E-state index in [0.717, 1.165) is 32.2 Å². The van der Waals surface area contributed by atoms with Crippen LogP contribution in [0.4, 0.5) is 5.95 Å². The smallest absolute Gasteiger partial charge is 0.225 e. The van der Waals surface area contributed by atoms with E-state index in [1.165, 1.54) is 0 Å². The maximum absolute atomic E-state index is 10.5. The molecule has 0 amide bonds. The van der Waals surface area contributed by atoms with Gasteiger partial charge in [-0.15, -0.1) is 0 Å². The van der Waals surface area contributed by atoms with E-state index in [4.69, 9.17) is 0 Å². The third kappa shape index (κ3) is 2.79. The summed E-state index contributed by atoms with van der Waals surface area (Å²) in [6.45, 7) is 2.23. The highest BCUT2D eigenvalue weighted by atomic mass is 16.1. The first-order valence-electron chi connectivity index (χ1n) is 5.89. The maximum Gasteiger partial charge on any atom is 0.225 e. The minimum Gasteiger partial charge on any atom is -0.341 e. The number of piperidine rings is 1. The van der Waals surface area contributed by atoms with Gasteiger partial charge in [-0.3, -0.25) is 4.79 Å². The number of aromatic nitrogens is 2. The molecule has 2 rings (SSSR count). The summed E-state index contributed by atoms with van der Waals surface area (Å²) >= 11 is 0. The van der Waals surface area contributed by atoms with Crippen molar-refractivity contribution in [1.29, 1.82) is 0 Å². The molecule has 2 heterocycles. The number of likely N-dealkylation sites (tertiary alicyclic amines) is 1. The topological polar surface area (TPSA) is 49.3 Å². The maximum atomic E-state index is 10.5. The Bertz CT molecular complexity index is 371. The van der Waals surface area contributed by atoms with E-state index in [2.05, 4.69) is 26.8 Å². The molecule has 0 unspecified atom stereocenters. The summed E-state index contributed by atoms with van der Waals surface area (Å²) in [6, 6.07) is 0.494. The minimum absolute atomic E-state index is 0.494. The van der Waals surface area contributed by atoms with Crippen LogP contribution in [0, 0.1) is 0 Å². The van der Waals surface area contributed by atoms with Crippen LogP contribution in [0.5, 0.6) is 0 Å². The summed E-state index contributed by atoms with van der Waals surface area (Å²) in [5, 5.41) is 0. The molecular formula is C12H18N4O. The second kappa shape index (κ2) is 5.23. The van der Waals surface area contributed by atoms with Crippen LogP contribution in [0.25, 0.3) is 0 Å². The van der Waals surface area contributed by atoms with Crippen molar-refractivity contribution >= 4 is 12.2 Å². The van der Waals surface area contributed by atoms with Gasteiger partial charge < -0.3 is 9.80 Å². The molecule has 92 valence electrons. The highest BCUT2D eigenvalue weighted by Crippen LogP contribution is 2.17. The van der Waals surface area contributed by atoms with Crippen molar-refractivity contribution < 1.29 is 4.79 Å². The first kappa shape index (κ1) is 12.0. The fraction of sp³-hybridized carbons (Fsp3) is 0.583. The Morgan fingerprint density at radius 1 is 1.35 bits per heavy atom. The summed E-state index contributed by atoms with van der Waals surface area (Å²) in [5.74, 6) is 0.699. The molecule has 0 aliphatic carbocycles. The molecule has 0 atom stereocenters. The quantitative estimate of drug-likeness (QED) is 0.725. The van der Waals surface area contributed by atoms with Gasteiger partial charge in [0.25, 0.3) is 0 Å². The molecule has 0 spiro atoms. The number of carbonyl (C=O) groups is 1. The van der Waals surface area contributed by atoms with Gasteiger partial charge in [0, 0.05) is 25.5 Å². The van der Waals surface area contributed by atoms with Crippen LogP contribution in [0.3, 0.4) is 0 Å². The predicted molar refractivity (Wildman–Crippen MR) is 66.3 cm³/mol. The number of hydrogen-bond acceptors (Lipinski definition) is 5. The van der Waals surface area contributed by atoms with Gasteiger partial charge in [-0.1, -0.05) is 0 Å². The number of anilines is 1. The highest BCUT2D eigenvalue weighted by Gasteiger charge is 2.21. The molecule has 1 aliphatic rings. The largest absolute Gasteiger partial charge is 0.341 e. The summed E-state index contributed by atoms with van der Waals surface area (Å²) in [4.78, 5) is 23.4. The molecular weight excluding hydrogens is 216 g/mol. The van der Waals surface area contributed by atoms with Gasteiger partial charge in [-0.05, 0) is 33.0 Å². The van der Waals surface area contributed by atoms with Crippen molar-refractivity contribution in [3.63, 3.8) is 0 Å². The van der Waals surface area contributed by atoms with E-state index in [0.29, 0.717) is 17.6 Å². The van der Waals surface area contributed by atoms with Crippen molar-refractivity contribution in [3.8, 4) is 0 Å². The molecule has 0 radical (unpaired) electrons. The van der Waals surface area contributed by atoms with Gasteiger partial charge >= 0.3 is 0 Å². The molecule has 0 saturated carbocycles. The first-order chi connectivity index (χ1) is 8.20. The summed E-state index contributed by atoms with van der Waals surface area (Å²) < 4.78 is 0. The van der Waals surface area contributed by atoms with Gasteiger partial charge in [-0.25, -0.2) is 9.97 Å². The Kier molecular flexibility index (Phi) is 3.68. The summed E-state index contributed by atoms with van der Waals surface area (Å²) in [5.41, 5.74) is 0.519. The van der Waals surface area contributed by atoms with Crippen LogP contribution in [-0.4, -0.2) is 54.4 Å². The second-order valence-corrected chi connectivity index (χ2v) is 4.58. The molecule has 0 N–H and O–H groups in total. The monoisotopic (exact) mass is 234 g/mol. The zero-order valence-corrected chi connectivity index (χ0v) is 10.3. The fourth-order valence-electron chi connectivity index (χ4n) is 2.12. The minimum atomic E-state index is 0.494. The van der Waals surface area contributed by atoms with E-state index in [1.807, 2.05) is 7.05 Å². The van der Waals surface area contributed by atoms with Crippen LogP contribution in [0.1, 0.15) is 23.2 Å². The van der Waals surface area contributed by atoms with Crippen LogP contribution >= 0.6 is 0 Å². The van der Waals surface area contributed by atoms with Gasteiger partial charge in [0.05, 0.1) is 5.56 Å². The van der Waals surface area contributed by atoms with E-state index < -0.39 is 0 Å². The molecule has 0 aromatic carbocycles. The molecule has 1 aromatic heterocycles. The Morgan fingerprint density at radius 2 is 1.94 bits per heavy atom. The van der Waals surface area contributed by atoms with Crippen LogP contribution in [0.2, 0.25) is 0 Å². The Balaban J connectivity index is 2.03. The third-order valence-corrected chi connectivity index (χ3v) is 3.35. The summed E-state index contributed by atoms with van der Waals surface area (Å²) in [6.07, 6.45) is 6.17. The average molecular weight is 234 g/mol. The number of aldehydes is 1. The van der Waals surface area contributed by atoms with Gasteiger partial charge in [0.2, 0.25) is 5.95 Å². The molecule has 5 nitrogen and oxygen atoms in total. The molecule has 17 heavy (non-hydrogen) atoms. The lowest BCUT2D eigenvalue weighted by molar-refractivity contribution is 0.112. The SMILES string of the molecule is CN1CCC(N(C)c2ncc(C=O)cn2)CC1. The van der Waals surface area contributed by atoms with Gasteiger partial charge in [-0.2, -0.15) is 0 Å². The van der Waals surface area contributed by atoms with E-state index in [1.54, 1.807) is 12.4 Å². The second-order valence-electron chi connectivity index (χ2n) is 4.58. The third-order valence-electron chi connectivity index (χ3n) is 3.35. The zero-order chi connectivity index (χ0) is 12.3. The number of nitrogens with zero attached hydrogens (tertiary/aromatic N) is 4.